The maximum atomic E-state index is 12.5. The molecule has 0 radical (unpaired) electrons. The Bertz CT molecular complexity index is 578. The Kier molecular flexibility index (Phi) is 4.18. The van der Waals surface area contributed by atoms with E-state index in [1.54, 1.807) is 12.4 Å². The van der Waals surface area contributed by atoms with Gasteiger partial charge in [-0.15, -0.1) is 11.3 Å². The van der Waals surface area contributed by atoms with Crippen molar-refractivity contribution in [1.29, 1.82) is 0 Å². The number of nitrogens with zero attached hydrogens (tertiary/aromatic N) is 3. The van der Waals surface area contributed by atoms with Gasteiger partial charge in [-0.05, 0) is 19.8 Å². The van der Waals surface area contributed by atoms with Crippen molar-refractivity contribution in [3.05, 3.63) is 16.1 Å². The summed E-state index contributed by atoms with van der Waals surface area (Å²) in [6.07, 6.45) is 1.56. The van der Waals surface area contributed by atoms with E-state index in [9.17, 15) is 9.59 Å². The fourth-order valence-corrected chi connectivity index (χ4v) is 3.95. The van der Waals surface area contributed by atoms with Crippen LogP contribution in [0, 0.1) is 6.92 Å². The molecule has 6 nitrogen and oxygen atoms in total. The molecule has 3 heterocycles. The van der Waals surface area contributed by atoms with E-state index in [0.717, 1.165) is 23.4 Å². The van der Waals surface area contributed by atoms with Gasteiger partial charge in [-0.25, -0.2) is 4.98 Å². The minimum Gasteiger partial charge on any atom is -0.371 e. The van der Waals surface area contributed by atoms with Crippen LogP contribution in [-0.2, 0) is 9.53 Å². The summed E-state index contributed by atoms with van der Waals surface area (Å²) in [4.78, 5) is 32.7. The number of ether oxygens (including phenoxy) is 1. The molecule has 120 valence electrons. The summed E-state index contributed by atoms with van der Waals surface area (Å²) in [6, 6.07) is 0. The fraction of sp³-hybridized carbons (Fsp3) is 0.667. The van der Waals surface area contributed by atoms with Crippen molar-refractivity contribution in [2.45, 2.75) is 32.3 Å². The van der Waals surface area contributed by atoms with E-state index in [0.29, 0.717) is 32.8 Å². The lowest BCUT2D eigenvalue weighted by Crippen LogP contribution is -2.58. The zero-order chi connectivity index (χ0) is 15.7. The number of aromatic nitrogens is 1. The number of hydrogen-bond donors (Lipinski definition) is 0. The smallest absolute Gasteiger partial charge is 0.265 e. The molecule has 1 spiro atoms. The van der Waals surface area contributed by atoms with Crippen molar-refractivity contribution < 1.29 is 14.3 Å². The SMILES string of the molecule is CC(=O)N1CCOC2(CCN(C(=O)c3scnc3C)CC2)C1. The molecule has 0 bridgehead atoms. The van der Waals surface area contributed by atoms with Gasteiger partial charge in [-0.1, -0.05) is 0 Å². The minimum absolute atomic E-state index is 0.0640. The van der Waals surface area contributed by atoms with Crippen molar-refractivity contribution in [3.63, 3.8) is 0 Å². The molecule has 2 aliphatic heterocycles. The number of thiazole rings is 1. The van der Waals surface area contributed by atoms with E-state index in [1.165, 1.54) is 11.3 Å². The van der Waals surface area contributed by atoms with Crippen molar-refractivity contribution in [1.82, 2.24) is 14.8 Å². The van der Waals surface area contributed by atoms with Gasteiger partial charge in [0.25, 0.3) is 5.91 Å². The third-order valence-corrected chi connectivity index (χ3v) is 5.51. The van der Waals surface area contributed by atoms with Gasteiger partial charge in [0.15, 0.2) is 0 Å². The first-order valence-corrected chi connectivity index (χ1v) is 8.48. The molecule has 0 unspecified atom stereocenters. The number of carbonyl (C=O) groups excluding carboxylic acids is 2. The molecule has 2 aliphatic rings. The number of morpholine rings is 1. The maximum absolute atomic E-state index is 12.5. The van der Waals surface area contributed by atoms with Crippen LogP contribution in [0.5, 0.6) is 0 Å². The standard InChI is InChI=1S/C15H21N3O3S/c1-11-13(22-10-16-11)14(20)17-5-3-15(4-6-17)9-18(12(2)19)7-8-21-15/h10H,3-9H2,1-2H3. The van der Waals surface area contributed by atoms with Crippen LogP contribution in [0.15, 0.2) is 5.51 Å². The van der Waals surface area contributed by atoms with Gasteiger partial charge in [0.1, 0.15) is 4.88 Å². The van der Waals surface area contributed by atoms with Gasteiger partial charge in [0, 0.05) is 33.1 Å². The average molecular weight is 323 g/mol. The first-order chi connectivity index (χ1) is 10.5. The van der Waals surface area contributed by atoms with E-state index in [2.05, 4.69) is 4.98 Å². The molecule has 2 fully saturated rings. The second kappa shape index (κ2) is 5.96. The molecule has 22 heavy (non-hydrogen) atoms. The van der Waals surface area contributed by atoms with Gasteiger partial charge in [0.05, 0.1) is 23.4 Å². The van der Waals surface area contributed by atoms with E-state index < -0.39 is 0 Å². The largest absolute Gasteiger partial charge is 0.371 e. The van der Waals surface area contributed by atoms with Crippen molar-refractivity contribution in [3.8, 4) is 0 Å². The van der Waals surface area contributed by atoms with Gasteiger partial charge in [-0.2, -0.15) is 0 Å². The van der Waals surface area contributed by atoms with Crippen LogP contribution in [0.2, 0.25) is 0 Å². The number of piperidine rings is 1. The number of aryl methyl sites for hydroxylation is 1. The van der Waals surface area contributed by atoms with Crippen LogP contribution in [0.25, 0.3) is 0 Å². The molecule has 1 aromatic heterocycles. The summed E-state index contributed by atoms with van der Waals surface area (Å²) in [7, 11) is 0. The Balaban J connectivity index is 1.64. The van der Waals surface area contributed by atoms with Crippen LogP contribution >= 0.6 is 11.3 Å². The number of rotatable bonds is 1. The third-order valence-electron chi connectivity index (χ3n) is 4.60. The zero-order valence-electron chi connectivity index (χ0n) is 13.0. The molecule has 2 amide bonds. The number of hydrogen-bond acceptors (Lipinski definition) is 5. The predicted molar refractivity (Wildman–Crippen MR) is 82.9 cm³/mol. The normalized spacial score (nSPS) is 21.2. The monoisotopic (exact) mass is 323 g/mol. The third kappa shape index (κ3) is 2.87. The minimum atomic E-state index is -0.274. The van der Waals surface area contributed by atoms with Crippen molar-refractivity contribution in [2.24, 2.45) is 0 Å². The Morgan fingerprint density at radius 3 is 2.59 bits per heavy atom. The highest BCUT2D eigenvalue weighted by atomic mass is 32.1. The van der Waals surface area contributed by atoms with Crippen LogP contribution < -0.4 is 0 Å². The van der Waals surface area contributed by atoms with Crippen LogP contribution in [-0.4, -0.2) is 65.0 Å². The predicted octanol–water partition coefficient (Wildman–Crippen LogP) is 1.31. The van der Waals surface area contributed by atoms with Gasteiger partial charge in [-0.3, -0.25) is 9.59 Å². The summed E-state index contributed by atoms with van der Waals surface area (Å²) in [6.45, 7) is 6.70. The highest BCUT2D eigenvalue weighted by molar-refractivity contribution is 7.11. The average Bonchev–Trinajstić information content (AvgIpc) is 2.93. The first kappa shape index (κ1) is 15.4. The zero-order valence-corrected chi connectivity index (χ0v) is 13.8. The molecule has 0 N–H and O–H groups in total. The molecule has 0 saturated carbocycles. The lowest BCUT2D eigenvalue weighted by atomic mass is 9.89. The van der Waals surface area contributed by atoms with Gasteiger partial charge >= 0.3 is 0 Å². The Morgan fingerprint density at radius 1 is 1.27 bits per heavy atom. The molecule has 1 aromatic rings. The molecule has 0 aromatic carbocycles. The summed E-state index contributed by atoms with van der Waals surface area (Å²) >= 11 is 1.40. The van der Waals surface area contributed by atoms with Crippen LogP contribution in [0.1, 0.15) is 35.1 Å². The molecule has 7 heteroatoms. The first-order valence-electron chi connectivity index (χ1n) is 7.60. The second-order valence-corrected chi connectivity index (χ2v) is 6.89. The lowest BCUT2D eigenvalue weighted by Gasteiger charge is -2.47. The van der Waals surface area contributed by atoms with E-state index >= 15 is 0 Å². The summed E-state index contributed by atoms with van der Waals surface area (Å²) in [5, 5.41) is 0. The highest BCUT2D eigenvalue weighted by Gasteiger charge is 2.41. The molecule has 2 saturated heterocycles. The summed E-state index contributed by atoms with van der Waals surface area (Å²) in [5.41, 5.74) is 2.24. The fourth-order valence-electron chi connectivity index (χ4n) is 3.18. The topological polar surface area (TPSA) is 62.7 Å². The Labute approximate surface area is 134 Å². The van der Waals surface area contributed by atoms with Crippen molar-refractivity contribution >= 4 is 23.2 Å². The molecule has 0 aliphatic carbocycles. The Hall–Kier alpha value is -1.47. The Morgan fingerprint density at radius 2 is 2.00 bits per heavy atom. The number of amides is 2. The second-order valence-electron chi connectivity index (χ2n) is 6.03. The van der Waals surface area contributed by atoms with Gasteiger partial charge < -0.3 is 14.5 Å². The quantitative estimate of drug-likeness (QED) is 0.782. The molecule has 0 atom stereocenters. The molecular weight excluding hydrogens is 302 g/mol. The van der Waals surface area contributed by atoms with E-state index in [4.69, 9.17) is 4.74 Å². The maximum Gasteiger partial charge on any atom is 0.265 e. The summed E-state index contributed by atoms with van der Waals surface area (Å²) in [5.74, 6) is 0.163. The van der Waals surface area contributed by atoms with Crippen LogP contribution in [0.3, 0.4) is 0 Å². The number of carbonyl (C=O) groups is 2. The van der Waals surface area contributed by atoms with Crippen molar-refractivity contribution in [2.75, 3.05) is 32.8 Å². The summed E-state index contributed by atoms with van der Waals surface area (Å²) < 4.78 is 5.99. The van der Waals surface area contributed by atoms with E-state index in [-0.39, 0.29) is 17.4 Å². The molecular formula is C15H21N3O3S. The lowest BCUT2D eigenvalue weighted by molar-refractivity contribution is -0.156. The van der Waals surface area contributed by atoms with Crippen LogP contribution in [0.4, 0.5) is 0 Å². The highest BCUT2D eigenvalue weighted by Crippen LogP contribution is 2.31. The van der Waals surface area contributed by atoms with Gasteiger partial charge in [0.2, 0.25) is 5.91 Å². The van der Waals surface area contributed by atoms with E-state index in [1.807, 2.05) is 16.7 Å². The molecule has 3 rings (SSSR count). The number of likely N-dealkylation sites (tertiary alicyclic amines) is 1.